The van der Waals surface area contributed by atoms with Crippen molar-refractivity contribution in [1.29, 1.82) is 0 Å². The van der Waals surface area contributed by atoms with E-state index in [1.54, 1.807) is 6.92 Å². The van der Waals surface area contributed by atoms with E-state index in [0.29, 0.717) is 5.92 Å². The van der Waals surface area contributed by atoms with Gasteiger partial charge in [-0.3, -0.25) is 4.79 Å². The van der Waals surface area contributed by atoms with Crippen LogP contribution in [0, 0.1) is 11.8 Å². The number of hydrogen-bond acceptors (Lipinski definition) is 5. The highest BCUT2D eigenvalue weighted by molar-refractivity contribution is 5.75. The lowest BCUT2D eigenvalue weighted by Crippen LogP contribution is -2.50. The van der Waals surface area contributed by atoms with E-state index in [-0.39, 0.29) is 0 Å². The molecule has 0 fully saturated rings. The van der Waals surface area contributed by atoms with Crippen LogP contribution in [0.1, 0.15) is 43.4 Å². The van der Waals surface area contributed by atoms with Gasteiger partial charge in [0, 0.05) is 0 Å². The molecule has 142 valence electrons. The van der Waals surface area contributed by atoms with E-state index in [9.17, 15) is 4.79 Å². The minimum absolute atomic E-state index is 0.403. The molecule has 0 bridgehead atoms. The molecule has 2 atom stereocenters. The van der Waals surface area contributed by atoms with Gasteiger partial charge in [-0.15, -0.1) is 0 Å². The zero-order chi connectivity index (χ0) is 19.2. The molecule has 0 saturated heterocycles. The molecule has 1 aliphatic carbocycles. The van der Waals surface area contributed by atoms with Crippen molar-refractivity contribution in [3.05, 3.63) is 34.9 Å². The Kier molecular flexibility index (Phi) is 8.02. The molecular weight excluding hydrogens is 322 g/mol. The highest BCUT2D eigenvalue weighted by atomic mass is 16.4. The maximum absolute atomic E-state index is 11.0. The quantitative estimate of drug-likeness (QED) is 0.518. The molecule has 6 nitrogen and oxygen atoms in total. The van der Waals surface area contributed by atoms with Gasteiger partial charge < -0.3 is 26.2 Å². The molecule has 0 aliphatic heterocycles. The van der Waals surface area contributed by atoms with Crippen LogP contribution < -0.4 is 5.73 Å². The Labute approximate surface area is 149 Å². The molecule has 25 heavy (non-hydrogen) atoms. The normalized spacial score (nSPS) is 17.7. The average Bonchev–Trinajstić information content (AvgIpc) is 3.04. The van der Waals surface area contributed by atoms with Gasteiger partial charge in [0.05, 0.1) is 31.3 Å². The van der Waals surface area contributed by atoms with Crippen molar-refractivity contribution in [2.45, 2.75) is 45.1 Å². The van der Waals surface area contributed by atoms with E-state index < -0.39 is 37.2 Å². The topological polar surface area (TPSA) is 124 Å². The first-order valence-electron chi connectivity index (χ1n) is 8.63. The van der Waals surface area contributed by atoms with Crippen molar-refractivity contribution >= 4 is 5.97 Å². The summed E-state index contributed by atoms with van der Waals surface area (Å²) in [5.41, 5.74) is 7.63. The fourth-order valence-electron chi connectivity index (χ4n) is 2.71. The molecule has 0 heterocycles. The van der Waals surface area contributed by atoms with Crippen molar-refractivity contribution in [2.75, 3.05) is 19.8 Å². The van der Waals surface area contributed by atoms with Crippen LogP contribution in [0.25, 0.3) is 0 Å². The van der Waals surface area contributed by atoms with Crippen LogP contribution in [-0.2, 0) is 17.6 Å². The predicted octanol–water partition coefficient (Wildman–Crippen LogP) is 0.906. The maximum Gasteiger partial charge on any atom is 0.310 e. The number of rotatable bonds is 6. The first kappa shape index (κ1) is 21.6. The smallest absolute Gasteiger partial charge is 0.310 e. The number of benzene rings is 1. The summed E-state index contributed by atoms with van der Waals surface area (Å²) in [4.78, 5) is 11.0. The van der Waals surface area contributed by atoms with Crippen LogP contribution in [0.2, 0.25) is 0 Å². The molecule has 0 aromatic heterocycles. The van der Waals surface area contributed by atoms with Crippen LogP contribution >= 0.6 is 0 Å². The Bertz CT molecular complexity index is 561. The van der Waals surface area contributed by atoms with Gasteiger partial charge in [-0.2, -0.15) is 0 Å². The van der Waals surface area contributed by atoms with E-state index in [1.807, 2.05) is 6.07 Å². The lowest BCUT2D eigenvalue weighted by atomic mass is 9.93. The summed E-state index contributed by atoms with van der Waals surface area (Å²) in [6, 6.07) is 6.18. The van der Waals surface area contributed by atoms with E-state index in [4.69, 9.17) is 26.2 Å². The van der Waals surface area contributed by atoms with Crippen molar-refractivity contribution < 1.29 is 25.2 Å². The van der Waals surface area contributed by atoms with Crippen LogP contribution in [-0.4, -0.2) is 51.8 Å². The second kappa shape index (κ2) is 9.29. The summed E-state index contributed by atoms with van der Waals surface area (Å²) < 4.78 is 0. The van der Waals surface area contributed by atoms with Gasteiger partial charge in [-0.25, -0.2) is 0 Å². The minimum atomic E-state index is -1.21. The molecule has 2 rings (SSSR count). The van der Waals surface area contributed by atoms with Crippen LogP contribution in [0.15, 0.2) is 18.2 Å². The molecule has 0 spiro atoms. The van der Waals surface area contributed by atoms with E-state index in [1.165, 1.54) is 11.1 Å². The molecule has 0 radical (unpaired) electrons. The summed E-state index contributed by atoms with van der Waals surface area (Å²) >= 11 is 0. The van der Waals surface area contributed by atoms with Crippen molar-refractivity contribution in [1.82, 2.24) is 0 Å². The highest BCUT2D eigenvalue weighted by Crippen LogP contribution is 2.33. The van der Waals surface area contributed by atoms with Gasteiger partial charge in [-0.1, -0.05) is 32.0 Å². The van der Waals surface area contributed by atoms with Crippen molar-refractivity contribution in [3.63, 3.8) is 0 Å². The van der Waals surface area contributed by atoms with Crippen molar-refractivity contribution in [2.24, 2.45) is 17.6 Å². The Morgan fingerprint density at radius 3 is 2.04 bits per heavy atom. The number of carbonyl (C=O) groups is 1. The van der Waals surface area contributed by atoms with Gasteiger partial charge in [0.2, 0.25) is 0 Å². The molecule has 1 aromatic rings. The first-order chi connectivity index (χ1) is 11.7. The standard InChI is InChI=1S/C15H20O2.C4H11NO3/c1-9(2)13-7-12-5-4-11(6-14(12)8-13)10(3)15(16)17;5-4(1-6,2-7)3-8/h4-6,9-10,13H,7-8H2,1-3H3,(H,16,17);6-8H,1-3,5H2. The third-order valence-electron chi connectivity index (χ3n) is 4.95. The molecule has 0 saturated carbocycles. The number of aliphatic hydroxyl groups is 3. The predicted molar refractivity (Wildman–Crippen MR) is 96.4 cm³/mol. The summed E-state index contributed by atoms with van der Waals surface area (Å²) in [6.45, 7) is 5.06. The number of carboxylic acids is 1. The Morgan fingerprint density at radius 1 is 1.12 bits per heavy atom. The van der Waals surface area contributed by atoms with E-state index in [2.05, 4.69) is 26.0 Å². The van der Waals surface area contributed by atoms with E-state index in [0.717, 1.165) is 24.3 Å². The number of carboxylic acid groups (broad SMARTS) is 1. The third kappa shape index (κ3) is 5.78. The Hall–Kier alpha value is -1.47. The maximum atomic E-state index is 11.0. The van der Waals surface area contributed by atoms with Crippen LogP contribution in [0.3, 0.4) is 0 Å². The second-order valence-electron chi connectivity index (χ2n) is 7.34. The monoisotopic (exact) mass is 353 g/mol. The summed E-state index contributed by atoms with van der Waals surface area (Å²) in [5.74, 6) is 0.268. The largest absolute Gasteiger partial charge is 0.481 e. The molecule has 6 N–H and O–H groups in total. The van der Waals surface area contributed by atoms with Crippen molar-refractivity contribution in [3.8, 4) is 0 Å². The average molecular weight is 353 g/mol. The fourth-order valence-corrected chi connectivity index (χ4v) is 2.71. The summed E-state index contributed by atoms with van der Waals surface area (Å²) in [6.07, 6.45) is 2.25. The second-order valence-corrected chi connectivity index (χ2v) is 7.34. The third-order valence-corrected chi connectivity index (χ3v) is 4.95. The van der Waals surface area contributed by atoms with Crippen LogP contribution in [0.5, 0.6) is 0 Å². The Morgan fingerprint density at radius 2 is 1.64 bits per heavy atom. The zero-order valence-corrected chi connectivity index (χ0v) is 15.3. The number of hydrogen-bond donors (Lipinski definition) is 5. The lowest BCUT2D eigenvalue weighted by Gasteiger charge is -2.20. The summed E-state index contributed by atoms with van der Waals surface area (Å²) in [7, 11) is 0. The van der Waals surface area contributed by atoms with E-state index >= 15 is 0 Å². The van der Waals surface area contributed by atoms with Crippen LogP contribution in [0.4, 0.5) is 0 Å². The SMILES string of the molecule is CC(C(=O)O)c1ccc2c(c1)CC(C(C)C)C2.NC(CO)(CO)CO. The lowest BCUT2D eigenvalue weighted by molar-refractivity contribution is -0.138. The molecular formula is C19H31NO5. The van der Waals surface area contributed by atoms with Gasteiger partial charge in [0.25, 0.3) is 0 Å². The minimum Gasteiger partial charge on any atom is -0.481 e. The molecule has 0 amide bonds. The molecule has 2 unspecified atom stereocenters. The van der Waals surface area contributed by atoms with Gasteiger partial charge in [0.1, 0.15) is 0 Å². The van der Waals surface area contributed by atoms with Gasteiger partial charge in [-0.05, 0) is 48.3 Å². The fraction of sp³-hybridized carbons (Fsp3) is 0.632. The number of aliphatic hydroxyl groups excluding tert-OH is 3. The number of fused-ring (bicyclic) bond motifs is 1. The molecule has 6 heteroatoms. The number of nitrogens with two attached hydrogens (primary N) is 1. The van der Waals surface area contributed by atoms with Gasteiger partial charge >= 0.3 is 5.97 Å². The Balaban J connectivity index is 0.000000333. The highest BCUT2D eigenvalue weighted by Gasteiger charge is 2.25. The van der Waals surface area contributed by atoms with Gasteiger partial charge in [0.15, 0.2) is 0 Å². The summed E-state index contributed by atoms with van der Waals surface area (Å²) in [5, 5.41) is 34.0. The number of aliphatic carboxylic acids is 1. The zero-order valence-electron chi connectivity index (χ0n) is 15.3. The first-order valence-corrected chi connectivity index (χ1v) is 8.63. The molecule has 1 aromatic carbocycles. The molecule has 1 aliphatic rings.